The zero-order valence-electron chi connectivity index (χ0n) is 34.9. The molecule has 0 amide bonds. The van der Waals surface area contributed by atoms with Crippen molar-refractivity contribution < 1.29 is 0 Å². The van der Waals surface area contributed by atoms with Crippen LogP contribution in [0.25, 0.3) is 0 Å². The molecular formula is C60H42. The van der Waals surface area contributed by atoms with Crippen molar-refractivity contribution in [2.75, 3.05) is 0 Å². The van der Waals surface area contributed by atoms with Crippen LogP contribution in [0, 0.1) is 113 Å². The van der Waals surface area contributed by atoms with Gasteiger partial charge in [-0.1, -0.05) is 180 Å². The second-order valence-electron chi connectivity index (χ2n) is 14.6. The first-order valence-electron chi connectivity index (χ1n) is 20.0. The van der Waals surface area contributed by atoms with Crippen LogP contribution >= 0.6 is 0 Å². The van der Waals surface area contributed by atoms with E-state index in [2.05, 4.69) is 167 Å². The Hall–Kier alpha value is -8.10. The fourth-order valence-electron chi connectivity index (χ4n) is 6.88. The zero-order valence-corrected chi connectivity index (χ0v) is 34.9. The maximum absolute atomic E-state index is 3.64. The van der Waals surface area contributed by atoms with Gasteiger partial charge in [0.15, 0.2) is 0 Å². The third-order valence-electron chi connectivity index (χ3n) is 10.2. The molecule has 0 N–H and O–H groups in total. The first kappa shape index (κ1) is 40.1. The normalized spacial score (nSPS) is 9.70. The summed E-state index contributed by atoms with van der Waals surface area (Å²) < 4.78 is 0. The van der Waals surface area contributed by atoms with Crippen molar-refractivity contribution in [2.45, 2.75) is 41.5 Å². The lowest BCUT2D eigenvalue weighted by atomic mass is 9.86. The fourth-order valence-corrected chi connectivity index (χ4v) is 6.88. The lowest BCUT2D eigenvalue weighted by Gasteiger charge is -2.13. The standard InChI is InChI=1S/C60H42/c1-43-19-16-20-44(2)52(43)37-40-58-55(34-31-49-25-10-7-11-26-49)59(41-38-53-45(3)21-17-22-46(53)4)57(36-33-51-29-14-9-15-30-51)60(42-39-54-47(5)23-18-24-48(54)6)56(58)35-32-50-27-12-8-13-28-50/h7-30H,1-6H3. The molecule has 0 aliphatic heterocycles. The summed E-state index contributed by atoms with van der Waals surface area (Å²) >= 11 is 0. The van der Waals surface area contributed by atoms with Gasteiger partial charge in [-0.15, -0.1) is 0 Å². The molecule has 0 unspecified atom stereocenters. The Balaban J connectivity index is 1.72. The summed E-state index contributed by atoms with van der Waals surface area (Å²) in [4.78, 5) is 0. The van der Waals surface area contributed by atoms with Crippen LogP contribution in [0.5, 0.6) is 0 Å². The minimum absolute atomic E-state index is 0.656. The molecule has 0 aliphatic carbocycles. The van der Waals surface area contributed by atoms with Gasteiger partial charge in [-0.25, -0.2) is 0 Å². The van der Waals surface area contributed by atoms with Gasteiger partial charge in [-0.2, -0.15) is 0 Å². The van der Waals surface area contributed by atoms with Gasteiger partial charge < -0.3 is 0 Å². The van der Waals surface area contributed by atoms with Crippen LogP contribution in [0.2, 0.25) is 0 Å². The first-order valence-corrected chi connectivity index (χ1v) is 20.0. The van der Waals surface area contributed by atoms with E-state index < -0.39 is 0 Å². The minimum atomic E-state index is 0.656. The van der Waals surface area contributed by atoms with Crippen LogP contribution < -0.4 is 0 Å². The monoisotopic (exact) mass is 762 g/mol. The van der Waals surface area contributed by atoms with Gasteiger partial charge in [-0.3, -0.25) is 0 Å². The van der Waals surface area contributed by atoms with Gasteiger partial charge in [0.2, 0.25) is 0 Å². The first-order chi connectivity index (χ1) is 29.3. The third-order valence-corrected chi connectivity index (χ3v) is 10.2. The van der Waals surface area contributed by atoms with Crippen molar-refractivity contribution in [2.24, 2.45) is 0 Å². The summed E-state index contributed by atoms with van der Waals surface area (Å²) in [6, 6.07) is 48.7. The molecule has 7 aromatic rings. The van der Waals surface area contributed by atoms with Gasteiger partial charge in [0.1, 0.15) is 0 Å². The molecule has 0 aliphatic rings. The maximum atomic E-state index is 3.64. The Bertz CT molecular complexity index is 2720. The van der Waals surface area contributed by atoms with Crippen LogP contribution in [-0.4, -0.2) is 0 Å². The van der Waals surface area contributed by atoms with Gasteiger partial charge in [0, 0.05) is 33.4 Å². The van der Waals surface area contributed by atoms with E-state index in [1.54, 1.807) is 0 Å². The molecule has 0 atom stereocenters. The van der Waals surface area contributed by atoms with Crippen molar-refractivity contribution in [1.82, 2.24) is 0 Å². The van der Waals surface area contributed by atoms with E-state index in [9.17, 15) is 0 Å². The molecule has 282 valence electrons. The third kappa shape index (κ3) is 9.53. The van der Waals surface area contributed by atoms with Gasteiger partial charge in [-0.05, 0) is 111 Å². The summed E-state index contributed by atoms with van der Waals surface area (Å²) in [5, 5.41) is 0. The quantitative estimate of drug-likeness (QED) is 0.135. The summed E-state index contributed by atoms with van der Waals surface area (Å²) in [6.07, 6.45) is 0. The van der Waals surface area contributed by atoms with E-state index in [1.807, 2.05) is 91.0 Å². The number of hydrogen-bond acceptors (Lipinski definition) is 0. The van der Waals surface area contributed by atoms with Gasteiger partial charge >= 0.3 is 0 Å². The van der Waals surface area contributed by atoms with Crippen molar-refractivity contribution in [3.8, 4) is 71.0 Å². The van der Waals surface area contributed by atoms with Crippen molar-refractivity contribution in [3.05, 3.63) is 246 Å². The predicted molar refractivity (Wildman–Crippen MR) is 249 cm³/mol. The molecule has 0 heteroatoms. The Labute approximate surface area is 356 Å². The lowest BCUT2D eigenvalue weighted by Crippen LogP contribution is -2.05. The largest absolute Gasteiger partial charge is 0.0622 e. The molecule has 0 bridgehead atoms. The van der Waals surface area contributed by atoms with Crippen LogP contribution in [0.4, 0.5) is 0 Å². The maximum Gasteiger partial charge on any atom is 0.0588 e. The van der Waals surface area contributed by atoms with Crippen molar-refractivity contribution in [3.63, 3.8) is 0 Å². The Morgan fingerprint density at radius 2 is 0.367 bits per heavy atom. The summed E-state index contributed by atoms with van der Waals surface area (Å²) in [6.45, 7) is 12.5. The molecule has 7 aromatic carbocycles. The Kier molecular flexibility index (Phi) is 12.6. The molecule has 0 saturated heterocycles. The summed E-state index contributed by atoms with van der Waals surface area (Å²) in [7, 11) is 0. The van der Waals surface area contributed by atoms with Crippen LogP contribution in [-0.2, 0) is 0 Å². The highest BCUT2D eigenvalue weighted by molar-refractivity contribution is 5.79. The Morgan fingerprint density at radius 1 is 0.183 bits per heavy atom. The minimum Gasteiger partial charge on any atom is -0.0622 e. The molecule has 0 nitrogen and oxygen atoms in total. The highest BCUT2D eigenvalue weighted by Gasteiger charge is 2.21. The lowest BCUT2D eigenvalue weighted by molar-refractivity contribution is 1.34. The number of rotatable bonds is 0. The molecule has 0 saturated carbocycles. The second kappa shape index (κ2) is 18.9. The topological polar surface area (TPSA) is 0 Å². The average Bonchev–Trinajstić information content (AvgIpc) is 3.25. The van der Waals surface area contributed by atoms with Crippen LogP contribution in [0.3, 0.4) is 0 Å². The van der Waals surface area contributed by atoms with Crippen LogP contribution in [0.1, 0.15) is 100 Å². The van der Waals surface area contributed by atoms with Gasteiger partial charge in [0.05, 0.1) is 33.4 Å². The molecule has 60 heavy (non-hydrogen) atoms. The van der Waals surface area contributed by atoms with Crippen molar-refractivity contribution >= 4 is 0 Å². The molecule has 7 rings (SSSR count). The SMILES string of the molecule is Cc1cccc(C)c1C#Cc1c(C#Cc2ccccc2)c(C#Cc2c(C)cccc2C)c(C#Cc2ccccc2)c(C#Cc2c(C)cccc2C)c1C#Cc1ccccc1. The molecule has 0 aromatic heterocycles. The molecule has 0 fully saturated rings. The second-order valence-corrected chi connectivity index (χ2v) is 14.6. The predicted octanol–water partition coefficient (Wildman–Crippen LogP) is 11.9. The zero-order chi connectivity index (χ0) is 41.8. The van der Waals surface area contributed by atoms with Crippen LogP contribution in [0.15, 0.2) is 146 Å². The molecule has 0 heterocycles. The molecule has 0 radical (unpaired) electrons. The smallest absolute Gasteiger partial charge is 0.0588 e. The highest BCUT2D eigenvalue weighted by Crippen LogP contribution is 2.29. The van der Waals surface area contributed by atoms with E-state index in [-0.39, 0.29) is 0 Å². The van der Waals surface area contributed by atoms with Crippen molar-refractivity contribution in [1.29, 1.82) is 0 Å². The number of benzene rings is 7. The van der Waals surface area contributed by atoms with Gasteiger partial charge in [0.25, 0.3) is 0 Å². The highest BCUT2D eigenvalue weighted by atomic mass is 14.2. The average molecular weight is 763 g/mol. The van der Waals surface area contributed by atoms with E-state index in [0.29, 0.717) is 33.4 Å². The molecular weight excluding hydrogens is 721 g/mol. The van der Waals surface area contributed by atoms with E-state index in [4.69, 9.17) is 0 Å². The number of hydrogen-bond donors (Lipinski definition) is 0. The summed E-state index contributed by atoms with van der Waals surface area (Å²) in [5.41, 5.74) is 16.0. The van der Waals surface area contributed by atoms with E-state index in [1.165, 1.54) is 0 Å². The fraction of sp³-hybridized carbons (Fsp3) is 0.100. The van der Waals surface area contributed by atoms with E-state index in [0.717, 1.165) is 66.8 Å². The molecule has 0 spiro atoms. The number of aryl methyl sites for hydroxylation is 6. The van der Waals surface area contributed by atoms with E-state index >= 15 is 0 Å². The summed E-state index contributed by atoms with van der Waals surface area (Å²) in [5.74, 6) is 42.8. The Morgan fingerprint density at radius 3 is 0.583 bits per heavy atom.